The van der Waals surface area contributed by atoms with Gasteiger partial charge in [-0.25, -0.2) is 0 Å². The highest BCUT2D eigenvalue weighted by atomic mass is 16.7. The van der Waals surface area contributed by atoms with E-state index in [2.05, 4.69) is 10.3 Å². The summed E-state index contributed by atoms with van der Waals surface area (Å²) in [5, 5.41) is 2.73. The summed E-state index contributed by atoms with van der Waals surface area (Å²) in [6, 6.07) is 2.79. The van der Waals surface area contributed by atoms with Crippen LogP contribution in [0.25, 0.3) is 0 Å². The number of pyridine rings is 1. The Bertz CT molecular complexity index is 475. The molecule has 0 aromatic carbocycles. The number of nitrogens with one attached hydrogen (secondary N) is 2. The van der Waals surface area contributed by atoms with Gasteiger partial charge in [0.2, 0.25) is 5.56 Å². The minimum Gasteiger partial charge on any atom is -0.349 e. The Morgan fingerprint density at radius 2 is 2.33 bits per heavy atom. The smallest absolute Gasteiger partial charge is 0.252 e. The van der Waals surface area contributed by atoms with Gasteiger partial charge in [-0.15, -0.1) is 0 Å². The molecule has 1 atom stereocenters. The summed E-state index contributed by atoms with van der Waals surface area (Å²) in [6.07, 6.45) is 1.24. The number of amides is 1. The number of aromatic nitrogens is 1. The van der Waals surface area contributed by atoms with Crippen molar-refractivity contribution in [3.05, 3.63) is 34.2 Å². The van der Waals surface area contributed by atoms with Crippen molar-refractivity contribution in [3.63, 3.8) is 0 Å². The summed E-state index contributed by atoms with van der Waals surface area (Å²) in [7, 11) is 0. The van der Waals surface area contributed by atoms with Crippen molar-refractivity contribution in [1.29, 1.82) is 0 Å². The molecule has 1 aromatic rings. The molecule has 1 fully saturated rings. The third-order valence-corrected chi connectivity index (χ3v) is 2.60. The first kappa shape index (κ1) is 12.8. The molecule has 2 rings (SSSR count). The standard InChI is InChI=1S/C12H16N2O4/c1-12(2)17-7-9(18-12)6-14-11(16)8-3-4-10(15)13-5-8/h3-5,9H,6-7H2,1-2H3,(H,13,15)(H,14,16). The predicted molar refractivity (Wildman–Crippen MR) is 64.3 cm³/mol. The van der Waals surface area contributed by atoms with Crippen LogP contribution in [0.15, 0.2) is 23.1 Å². The average Bonchev–Trinajstić information content (AvgIpc) is 2.67. The van der Waals surface area contributed by atoms with E-state index in [0.717, 1.165) is 0 Å². The second-order valence-corrected chi connectivity index (χ2v) is 4.60. The fourth-order valence-electron chi connectivity index (χ4n) is 1.72. The number of hydrogen-bond acceptors (Lipinski definition) is 4. The van der Waals surface area contributed by atoms with Crippen LogP contribution in [0.3, 0.4) is 0 Å². The van der Waals surface area contributed by atoms with Crippen LogP contribution in [0, 0.1) is 0 Å². The van der Waals surface area contributed by atoms with Crippen LogP contribution in [0.1, 0.15) is 24.2 Å². The number of rotatable bonds is 3. The van der Waals surface area contributed by atoms with Gasteiger partial charge in [0.1, 0.15) is 6.10 Å². The highest BCUT2D eigenvalue weighted by Gasteiger charge is 2.32. The van der Waals surface area contributed by atoms with E-state index in [9.17, 15) is 9.59 Å². The van der Waals surface area contributed by atoms with Crippen molar-refractivity contribution in [3.8, 4) is 0 Å². The Morgan fingerprint density at radius 3 is 2.89 bits per heavy atom. The molecule has 1 unspecified atom stereocenters. The van der Waals surface area contributed by atoms with Gasteiger partial charge in [0.05, 0.1) is 12.2 Å². The molecule has 0 bridgehead atoms. The minimum atomic E-state index is -0.590. The zero-order valence-corrected chi connectivity index (χ0v) is 10.4. The fourth-order valence-corrected chi connectivity index (χ4v) is 1.72. The predicted octanol–water partition coefficient (Wildman–Crippen LogP) is 0.256. The maximum absolute atomic E-state index is 11.7. The molecule has 1 aliphatic heterocycles. The minimum absolute atomic E-state index is 0.147. The van der Waals surface area contributed by atoms with Gasteiger partial charge >= 0.3 is 0 Å². The lowest BCUT2D eigenvalue weighted by molar-refractivity contribution is -0.137. The first-order valence-electron chi connectivity index (χ1n) is 5.75. The number of aromatic amines is 1. The molecular weight excluding hydrogens is 236 g/mol. The number of H-pyrrole nitrogens is 1. The highest BCUT2D eigenvalue weighted by Crippen LogP contribution is 2.21. The summed E-state index contributed by atoms with van der Waals surface area (Å²) in [5.41, 5.74) is 0.175. The van der Waals surface area contributed by atoms with Crippen LogP contribution in [-0.4, -0.2) is 35.9 Å². The SMILES string of the molecule is CC1(C)OCC(CNC(=O)c2ccc(=O)[nH]c2)O1. The lowest BCUT2D eigenvalue weighted by Gasteiger charge is -2.17. The molecule has 1 aliphatic rings. The number of carbonyl (C=O) groups is 1. The average molecular weight is 252 g/mol. The summed E-state index contributed by atoms with van der Waals surface area (Å²) in [6.45, 7) is 4.49. The van der Waals surface area contributed by atoms with Crippen molar-refractivity contribution < 1.29 is 14.3 Å². The number of carbonyl (C=O) groups excluding carboxylic acids is 1. The van der Waals surface area contributed by atoms with Gasteiger partial charge in [0, 0.05) is 18.8 Å². The van der Waals surface area contributed by atoms with Gasteiger partial charge in [0.25, 0.3) is 5.91 Å². The second kappa shape index (κ2) is 4.91. The molecule has 0 radical (unpaired) electrons. The van der Waals surface area contributed by atoms with E-state index in [0.29, 0.717) is 18.7 Å². The summed E-state index contributed by atoms with van der Waals surface area (Å²) < 4.78 is 10.9. The molecule has 2 N–H and O–H groups in total. The Hall–Kier alpha value is -1.66. The van der Waals surface area contributed by atoms with Crippen molar-refractivity contribution >= 4 is 5.91 Å². The van der Waals surface area contributed by atoms with Crippen LogP contribution < -0.4 is 10.9 Å². The van der Waals surface area contributed by atoms with E-state index in [1.165, 1.54) is 18.3 Å². The summed E-state index contributed by atoms with van der Waals surface area (Å²) in [5.74, 6) is -0.840. The molecule has 6 heteroatoms. The van der Waals surface area contributed by atoms with Crippen molar-refractivity contribution in [2.45, 2.75) is 25.7 Å². The maximum Gasteiger partial charge on any atom is 0.252 e. The van der Waals surface area contributed by atoms with Gasteiger partial charge in [-0.05, 0) is 19.9 Å². The molecule has 1 saturated heterocycles. The van der Waals surface area contributed by atoms with Crippen molar-refractivity contribution in [2.75, 3.05) is 13.2 Å². The van der Waals surface area contributed by atoms with Gasteiger partial charge in [-0.3, -0.25) is 9.59 Å². The normalized spacial score (nSPS) is 21.8. The first-order valence-corrected chi connectivity index (χ1v) is 5.75. The molecule has 6 nitrogen and oxygen atoms in total. The molecule has 0 saturated carbocycles. The van der Waals surface area contributed by atoms with Crippen molar-refractivity contribution in [1.82, 2.24) is 10.3 Å². The molecular formula is C12H16N2O4. The molecule has 0 spiro atoms. The maximum atomic E-state index is 11.7. The molecule has 0 aliphatic carbocycles. The van der Waals surface area contributed by atoms with E-state index in [1.807, 2.05) is 13.8 Å². The zero-order chi connectivity index (χ0) is 13.2. The molecule has 98 valence electrons. The first-order chi connectivity index (χ1) is 8.46. The van der Waals surface area contributed by atoms with Crippen LogP contribution in [0.4, 0.5) is 0 Å². The van der Waals surface area contributed by atoms with E-state index < -0.39 is 5.79 Å². The zero-order valence-electron chi connectivity index (χ0n) is 10.4. The van der Waals surface area contributed by atoms with E-state index >= 15 is 0 Å². The Labute approximate surface area is 104 Å². The summed E-state index contributed by atoms with van der Waals surface area (Å²) in [4.78, 5) is 25.1. The molecule has 18 heavy (non-hydrogen) atoms. The molecule has 1 amide bonds. The quantitative estimate of drug-likeness (QED) is 0.808. The number of ether oxygens (including phenoxy) is 2. The van der Waals surface area contributed by atoms with Gasteiger partial charge < -0.3 is 19.8 Å². The van der Waals surface area contributed by atoms with E-state index in [1.54, 1.807) is 0 Å². The Balaban J connectivity index is 1.86. The third kappa shape index (κ3) is 3.18. The van der Waals surface area contributed by atoms with Crippen LogP contribution in [-0.2, 0) is 9.47 Å². The lowest BCUT2D eigenvalue weighted by atomic mass is 10.2. The van der Waals surface area contributed by atoms with Gasteiger partial charge in [-0.1, -0.05) is 0 Å². The highest BCUT2D eigenvalue weighted by molar-refractivity contribution is 5.93. The molecule has 2 heterocycles. The third-order valence-electron chi connectivity index (χ3n) is 2.60. The second-order valence-electron chi connectivity index (χ2n) is 4.60. The Kier molecular flexibility index (Phi) is 3.49. The van der Waals surface area contributed by atoms with Crippen LogP contribution >= 0.6 is 0 Å². The van der Waals surface area contributed by atoms with Crippen molar-refractivity contribution in [2.24, 2.45) is 0 Å². The van der Waals surface area contributed by atoms with E-state index in [4.69, 9.17) is 9.47 Å². The Morgan fingerprint density at radius 1 is 1.56 bits per heavy atom. The summed E-state index contributed by atoms with van der Waals surface area (Å²) >= 11 is 0. The van der Waals surface area contributed by atoms with Gasteiger partial charge in [-0.2, -0.15) is 0 Å². The van der Waals surface area contributed by atoms with Gasteiger partial charge in [0.15, 0.2) is 5.79 Å². The monoisotopic (exact) mass is 252 g/mol. The lowest BCUT2D eigenvalue weighted by Crippen LogP contribution is -2.34. The topological polar surface area (TPSA) is 80.4 Å². The van der Waals surface area contributed by atoms with Crippen LogP contribution in [0.5, 0.6) is 0 Å². The molecule has 1 aromatic heterocycles. The van der Waals surface area contributed by atoms with Crippen LogP contribution in [0.2, 0.25) is 0 Å². The fraction of sp³-hybridized carbons (Fsp3) is 0.500. The number of hydrogen-bond donors (Lipinski definition) is 2. The largest absolute Gasteiger partial charge is 0.349 e. The van der Waals surface area contributed by atoms with E-state index in [-0.39, 0.29) is 17.6 Å².